The number of amides is 1. The van der Waals surface area contributed by atoms with Gasteiger partial charge in [-0.15, -0.1) is 0 Å². The molecule has 1 aliphatic rings. The number of nitrogens with zero attached hydrogens (tertiary/aromatic N) is 5. The van der Waals surface area contributed by atoms with E-state index in [-0.39, 0.29) is 5.91 Å². The number of carbonyl (C=O) groups is 1. The van der Waals surface area contributed by atoms with Crippen LogP contribution in [0.15, 0.2) is 12.4 Å². The van der Waals surface area contributed by atoms with Crippen LogP contribution in [0.5, 0.6) is 0 Å². The summed E-state index contributed by atoms with van der Waals surface area (Å²) in [4.78, 5) is 27.2. The summed E-state index contributed by atoms with van der Waals surface area (Å²) in [5.41, 5.74) is 0.370. The molecule has 2 heterocycles. The molecule has 0 bridgehead atoms. The lowest BCUT2D eigenvalue weighted by Gasteiger charge is -2.34. The van der Waals surface area contributed by atoms with Crippen LogP contribution in [0.3, 0.4) is 0 Å². The highest BCUT2D eigenvalue weighted by Gasteiger charge is 2.17. The molecule has 0 aliphatic carbocycles. The maximum absolute atomic E-state index is 11.9. The van der Waals surface area contributed by atoms with Crippen molar-refractivity contribution < 1.29 is 4.79 Å². The van der Waals surface area contributed by atoms with Gasteiger partial charge in [-0.2, -0.15) is 0 Å². The Bertz CT molecular complexity index is 467. The first-order chi connectivity index (χ1) is 10.6. The standard InChI is InChI=1S/C15H26N6O/c1-4-20-7-9-21(10-8-20)14-12-17-13(11-18-14)15(22)16-5-6-19(2)3/h11-12H,4-10H2,1-3H3,(H,16,22). The lowest BCUT2D eigenvalue weighted by Crippen LogP contribution is -2.46. The molecule has 122 valence electrons. The van der Waals surface area contributed by atoms with Crippen LogP contribution in [0.25, 0.3) is 0 Å². The fraction of sp³-hybridized carbons (Fsp3) is 0.667. The molecule has 22 heavy (non-hydrogen) atoms. The van der Waals surface area contributed by atoms with Crippen molar-refractivity contribution >= 4 is 11.7 Å². The molecule has 0 spiro atoms. The highest BCUT2D eigenvalue weighted by molar-refractivity contribution is 5.91. The molecule has 0 radical (unpaired) electrons. The van der Waals surface area contributed by atoms with E-state index in [4.69, 9.17) is 0 Å². The lowest BCUT2D eigenvalue weighted by molar-refractivity contribution is 0.0945. The summed E-state index contributed by atoms with van der Waals surface area (Å²) in [5.74, 6) is 0.678. The van der Waals surface area contributed by atoms with Gasteiger partial charge in [0.05, 0.1) is 12.4 Å². The third kappa shape index (κ3) is 4.64. The van der Waals surface area contributed by atoms with Gasteiger partial charge in [0.1, 0.15) is 11.5 Å². The molecule has 2 rings (SSSR count). The number of piperazine rings is 1. The van der Waals surface area contributed by atoms with E-state index in [1.54, 1.807) is 12.4 Å². The largest absolute Gasteiger partial charge is 0.353 e. The first-order valence-corrected chi connectivity index (χ1v) is 7.82. The summed E-state index contributed by atoms with van der Waals surface area (Å²) in [6.45, 7) is 8.68. The molecule has 1 fully saturated rings. The Hall–Kier alpha value is -1.73. The smallest absolute Gasteiger partial charge is 0.271 e. The third-order valence-electron chi connectivity index (χ3n) is 3.86. The van der Waals surface area contributed by atoms with Crippen molar-refractivity contribution in [2.75, 3.05) is 64.8 Å². The van der Waals surface area contributed by atoms with Crippen molar-refractivity contribution in [2.45, 2.75) is 6.92 Å². The SMILES string of the molecule is CCN1CCN(c2cnc(C(=O)NCCN(C)C)cn2)CC1. The van der Waals surface area contributed by atoms with Crippen molar-refractivity contribution in [1.29, 1.82) is 0 Å². The maximum atomic E-state index is 11.9. The zero-order chi connectivity index (χ0) is 15.9. The van der Waals surface area contributed by atoms with Crippen molar-refractivity contribution in [1.82, 2.24) is 25.1 Å². The highest BCUT2D eigenvalue weighted by Crippen LogP contribution is 2.12. The predicted molar refractivity (Wildman–Crippen MR) is 87.2 cm³/mol. The van der Waals surface area contributed by atoms with Gasteiger partial charge in [0.25, 0.3) is 5.91 Å². The third-order valence-corrected chi connectivity index (χ3v) is 3.86. The number of nitrogens with one attached hydrogen (secondary N) is 1. The number of anilines is 1. The van der Waals surface area contributed by atoms with Crippen LogP contribution in [0.1, 0.15) is 17.4 Å². The van der Waals surface area contributed by atoms with Crippen molar-refractivity contribution in [3.63, 3.8) is 0 Å². The summed E-state index contributed by atoms with van der Waals surface area (Å²) >= 11 is 0. The molecule has 1 amide bonds. The van der Waals surface area contributed by atoms with E-state index in [1.807, 2.05) is 19.0 Å². The normalized spacial score (nSPS) is 16.1. The van der Waals surface area contributed by atoms with Crippen molar-refractivity contribution in [3.05, 3.63) is 18.1 Å². The van der Waals surface area contributed by atoms with E-state index in [0.717, 1.165) is 45.1 Å². The Morgan fingerprint density at radius 2 is 1.95 bits per heavy atom. The van der Waals surface area contributed by atoms with Gasteiger partial charge in [0.2, 0.25) is 0 Å². The second-order valence-electron chi connectivity index (χ2n) is 5.74. The topological polar surface area (TPSA) is 64.6 Å². The average molecular weight is 306 g/mol. The van der Waals surface area contributed by atoms with Gasteiger partial charge in [-0.1, -0.05) is 6.92 Å². The second kappa shape index (κ2) is 8.05. The van der Waals surface area contributed by atoms with Crippen LogP contribution in [0.4, 0.5) is 5.82 Å². The first kappa shape index (κ1) is 16.6. The van der Waals surface area contributed by atoms with Crippen LogP contribution >= 0.6 is 0 Å². The van der Waals surface area contributed by atoms with Crippen LogP contribution in [0, 0.1) is 0 Å². The molecule has 0 unspecified atom stereocenters. The Labute approximate surface area is 132 Å². The average Bonchev–Trinajstić information content (AvgIpc) is 2.54. The minimum Gasteiger partial charge on any atom is -0.353 e. The number of rotatable bonds is 6. The highest BCUT2D eigenvalue weighted by atomic mass is 16.1. The Kier molecular flexibility index (Phi) is 6.09. The molecule has 0 aromatic carbocycles. The molecule has 7 heteroatoms. The minimum atomic E-state index is -0.170. The second-order valence-corrected chi connectivity index (χ2v) is 5.74. The van der Waals surface area contributed by atoms with Crippen molar-refractivity contribution in [3.8, 4) is 0 Å². The number of aromatic nitrogens is 2. The van der Waals surface area contributed by atoms with Crippen molar-refractivity contribution in [2.24, 2.45) is 0 Å². The molecule has 1 aromatic heterocycles. The zero-order valence-electron chi connectivity index (χ0n) is 13.7. The van der Waals surface area contributed by atoms with E-state index >= 15 is 0 Å². The van der Waals surface area contributed by atoms with Crippen LogP contribution in [-0.2, 0) is 0 Å². The first-order valence-electron chi connectivity index (χ1n) is 7.82. The maximum Gasteiger partial charge on any atom is 0.271 e. The number of hydrogen-bond acceptors (Lipinski definition) is 6. The van der Waals surface area contributed by atoms with Crippen LogP contribution in [-0.4, -0.2) is 85.6 Å². The monoisotopic (exact) mass is 306 g/mol. The van der Waals surface area contributed by atoms with Gasteiger partial charge in [0.15, 0.2) is 0 Å². The molecule has 0 saturated carbocycles. The molecule has 1 aromatic rings. The van der Waals surface area contributed by atoms with Gasteiger partial charge in [-0.3, -0.25) is 4.79 Å². The van der Waals surface area contributed by atoms with Crippen LogP contribution < -0.4 is 10.2 Å². The molecule has 7 nitrogen and oxygen atoms in total. The Morgan fingerprint density at radius 3 is 2.50 bits per heavy atom. The summed E-state index contributed by atoms with van der Waals surface area (Å²) in [6, 6.07) is 0. The van der Waals surface area contributed by atoms with E-state index < -0.39 is 0 Å². The quantitative estimate of drug-likeness (QED) is 0.792. The number of hydrogen-bond donors (Lipinski definition) is 1. The molecule has 1 saturated heterocycles. The Balaban J connectivity index is 1.86. The van der Waals surface area contributed by atoms with Crippen LogP contribution in [0.2, 0.25) is 0 Å². The van der Waals surface area contributed by atoms with Gasteiger partial charge in [-0.05, 0) is 20.6 Å². The number of likely N-dealkylation sites (N-methyl/N-ethyl adjacent to an activating group) is 2. The molecular formula is C15H26N6O. The lowest BCUT2D eigenvalue weighted by atomic mass is 10.3. The van der Waals surface area contributed by atoms with E-state index in [1.165, 1.54) is 0 Å². The summed E-state index contributed by atoms with van der Waals surface area (Å²) in [5, 5.41) is 2.84. The Morgan fingerprint density at radius 1 is 1.23 bits per heavy atom. The molecule has 1 aliphatic heterocycles. The van der Waals surface area contributed by atoms with E-state index in [0.29, 0.717) is 12.2 Å². The fourth-order valence-electron chi connectivity index (χ4n) is 2.38. The van der Waals surface area contributed by atoms with Gasteiger partial charge in [-0.25, -0.2) is 9.97 Å². The zero-order valence-corrected chi connectivity index (χ0v) is 13.7. The van der Waals surface area contributed by atoms with Gasteiger partial charge in [0, 0.05) is 39.3 Å². The van der Waals surface area contributed by atoms with E-state index in [9.17, 15) is 4.79 Å². The summed E-state index contributed by atoms with van der Waals surface area (Å²) < 4.78 is 0. The predicted octanol–water partition coefficient (Wildman–Crippen LogP) is -0.0901. The van der Waals surface area contributed by atoms with Gasteiger partial charge >= 0.3 is 0 Å². The molecular weight excluding hydrogens is 280 g/mol. The molecule has 1 N–H and O–H groups in total. The van der Waals surface area contributed by atoms with E-state index in [2.05, 4.69) is 32.0 Å². The van der Waals surface area contributed by atoms with Gasteiger partial charge < -0.3 is 20.0 Å². The fourth-order valence-corrected chi connectivity index (χ4v) is 2.38. The summed E-state index contributed by atoms with van der Waals surface area (Å²) in [7, 11) is 3.94. The minimum absolute atomic E-state index is 0.170. The molecule has 0 atom stereocenters. The summed E-state index contributed by atoms with van der Waals surface area (Å²) in [6.07, 6.45) is 3.26. The number of carbonyl (C=O) groups excluding carboxylic acids is 1.